The number of hydrogen-bond acceptors (Lipinski definition) is 3. The highest BCUT2D eigenvalue weighted by atomic mass is 79.9. The molecule has 0 atom stereocenters. The van der Waals surface area contributed by atoms with E-state index in [0.29, 0.717) is 6.42 Å². The largest absolute Gasteiger partial charge is 0.399 e. The van der Waals surface area contributed by atoms with Gasteiger partial charge in [-0.3, -0.25) is 4.79 Å². The molecule has 0 spiro atoms. The SMILES string of the molecule is CNC(=O)CCN(C)Cc1ccc(N)cc1Br. The molecular formula is C12H18BrN3O. The van der Waals surface area contributed by atoms with Gasteiger partial charge in [0.1, 0.15) is 0 Å². The fraction of sp³-hybridized carbons (Fsp3) is 0.417. The van der Waals surface area contributed by atoms with Crippen molar-refractivity contribution in [1.82, 2.24) is 10.2 Å². The minimum absolute atomic E-state index is 0.0632. The van der Waals surface area contributed by atoms with Gasteiger partial charge in [0.15, 0.2) is 0 Å². The molecule has 1 amide bonds. The molecule has 0 unspecified atom stereocenters. The molecule has 0 radical (unpaired) electrons. The number of amides is 1. The van der Waals surface area contributed by atoms with Gasteiger partial charge in [0.25, 0.3) is 0 Å². The lowest BCUT2D eigenvalue weighted by molar-refractivity contribution is -0.120. The van der Waals surface area contributed by atoms with Gasteiger partial charge in [-0.2, -0.15) is 0 Å². The Morgan fingerprint density at radius 2 is 2.24 bits per heavy atom. The van der Waals surface area contributed by atoms with Crippen molar-refractivity contribution in [2.24, 2.45) is 0 Å². The van der Waals surface area contributed by atoms with Gasteiger partial charge in [-0.1, -0.05) is 22.0 Å². The van der Waals surface area contributed by atoms with Gasteiger partial charge >= 0.3 is 0 Å². The predicted molar refractivity (Wildman–Crippen MR) is 73.6 cm³/mol. The second-order valence-corrected chi connectivity index (χ2v) is 4.87. The Balaban J connectivity index is 2.50. The molecule has 3 N–H and O–H groups in total. The first kappa shape index (κ1) is 14.0. The van der Waals surface area contributed by atoms with E-state index < -0.39 is 0 Å². The Morgan fingerprint density at radius 1 is 1.53 bits per heavy atom. The lowest BCUT2D eigenvalue weighted by Gasteiger charge is -2.17. The summed E-state index contributed by atoms with van der Waals surface area (Å²) in [4.78, 5) is 13.2. The highest BCUT2D eigenvalue weighted by Gasteiger charge is 2.06. The van der Waals surface area contributed by atoms with Crippen LogP contribution in [-0.4, -0.2) is 31.4 Å². The van der Waals surface area contributed by atoms with Crippen molar-refractivity contribution in [3.8, 4) is 0 Å². The Bertz CT molecular complexity index is 395. The second-order valence-electron chi connectivity index (χ2n) is 4.01. The van der Waals surface area contributed by atoms with E-state index in [2.05, 4.69) is 26.1 Å². The number of nitrogens with one attached hydrogen (secondary N) is 1. The Hall–Kier alpha value is -1.07. The van der Waals surface area contributed by atoms with Crippen LogP contribution in [0, 0.1) is 0 Å². The number of hydrogen-bond donors (Lipinski definition) is 2. The minimum Gasteiger partial charge on any atom is -0.399 e. The van der Waals surface area contributed by atoms with E-state index in [1.54, 1.807) is 7.05 Å². The Labute approximate surface area is 110 Å². The fourth-order valence-corrected chi connectivity index (χ4v) is 2.00. The molecule has 1 rings (SSSR count). The molecule has 0 heterocycles. The standard InChI is InChI=1S/C12H18BrN3O/c1-15-12(17)5-6-16(2)8-9-3-4-10(14)7-11(9)13/h3-4,7H,5-6,8,14H2,1-2H3,(H,15,17). The zero-order valence-corrected chi connectivity index (χ0v) is 11.8. The first-order valence-electron chi connectivity index (χ1n) is 5.46. The summed E-state index contributed by atoms with van der Waals surface area (Å²) in [5.74, 6) is 0.0632. The molecular weight excluding hydrogens is 282 g/mol. The molecule has 5 heteroatoms. The van der Waals surface area contributed by atoms with Crippen molar-refractivity contribution in [3.63, 3.8) is 0 Å². The van der Waals surface area contributed by atoms with Crippen molar-refractivity contribution in [3.05, 3.63) is 28.2 Å². The molecule has 0 aromatic heterocycles. The summed E-state index contributed by atoms with van der Waals surface area (Å²) in [7, 11) is 3.64. The average Bonchev–Trinajstić information content (AvgIpc) is 2.29. The van der Waals surface area contributed by atoms with Crippen LogP contribution in [0.3, 0.4) is 0 Å². The third kappa shape index (κ3) is 4.75. The van der Waals surface area contributed by atoms with Crippen molar-refractivity contribution >= 4 is 27.5 Å². The summed E-state index contributed by atoms with van der Waals surface area (Å²) in [6, 6.07) is 5.77. The smallest absolute Gasteiger partial charge is 0.221 e. The van der Waals surface area contributed by atoms with Crippen LogP contribution in [0.2, 0.25) is 0 Å². The molecule has 0 aliphatic heterocycles. The number of rotatable bonds is 5. The zero-order chi connectivity index (χ0) is 12.8. The van der Waals surface area contributed by atoms with E-state index in [9.17, 15) is 4.79 Å². The summed E-state index contributed by atoms with van der Waals surface area (Å²) in [5.41, 5.74) is 7.59. The van der Waals surface area contributed by atoms with Gasteiger partial charge in [-0.15, -0.1) is 0 Å². The summed E-state index contributed by atoms with van der Waals surface area (Å²) in [6.07, 6.45) is 0.513. The Kier molecular flexibility index (Phi) is 5.44. The van der Waals surface area contributed by atoms with Crippen LogP contribution in [0.15, 0.2) is 22.7 Å². The topological polar surface area (TPSA) is 58.4 Å². The van der Waals surface area contributed by atoms with Gasteiger partial charge in [0, 0.05) is 36.7 Å². The second kappa shape index (κ2) is 6.61. The summed E-state index contributed by atoms with van der Waals surface area (Å²) < 4.78 is 1.00. The number of nitrogens with zero attached hydrogens (tertiary/aromatic N) is 1. The van der Waals surface area contributed by atoms with Crippen molar-refractivity contribution in [1.29, 1.82) is 0 Å². The zero-order valence-electron chi connectivity index (χ0n) is 10.2. The van der Waals surface area contributed by atoms with E-state index >= 15 is 0 Å². The molecule has 0 bridgehead atoms. The molecule has 0 aliphatic rings. The van der Waals surface area contributed by atoms with Gasteiger partial charge < -0.3 is 16.0 Å². The monoisotopic (exact) mass is 299 g/mol. The van der Waals surface area contributed by atoms with Crippen molar-refractivity contribution in [2.75, 3.05) is 26.4 Å². The third-order valence-corrected chi connectivity index (χ3v) is 3.26. The van der Waals surface area contributed by atoms with E-state index in [0.717, 1.165) is 23.2 Å². The van der Waals surface area contributed by atoms with Crippen LogP contribution in [0.25, 0.3) is 0 Å². The predicted octanol–water partition coefficient (Wildman–Crippen LogP) is 1.60. The maximum absolute atomic E-state index is 11.1. The van der Waals surface area contributed by atoms with E-state index in [4.69, 9.17) is 5.73 Å². The van der Waals surface area contributed by atoms with Gasteiger partial charge in [0.2, 0.25) is 5.91 Å². The molecule has 4 nitrogen and oxygen atoms in total. The molecule has 94 valence electrons. The molecule has 0 saturated heterocycles. The number of carbonyl (C=O) groups is 1. The quantitative estimate of drug-likeness (QED) is 0.812. The lowest BCUT2D eigenvalue weighted by Crippen LogP contribution is -2.26. The molecule has 1 aromatic carbocycles. The summed E-state index contributed by atoms with van der Waals surface area (Å²) in [6.45, 7) is 1.52. The Morgan fingerprint density at radius 3 is 2.82 bits per heavy atom. The van der Waals surface area contributed by atoms with Gasteiger partial charge in [0.05, 0.1) is 0 Å². The van der Waals surface area contributed by atoms with Crippen LogP contribution < -0.4 is 11.1 Å². The maximum atomic E-state index is 11.1. The van der Waals surface area contributed by atoms with Crippen LogP contribution >= 0.6 is 15.9 Å². The third-order valence-electron chi connectivity index (χ3n) is 2.52. The fourth-order valence-electron chi connectivity index (χ4n) is 1.48. The number of carbonyl (C=O) groups excluding carboxylic acids is 1. The van der Waals surface area contributed by atoms with Gasteiger partial charge in [-0.25, -0.2) is 0 Å². The first-order chi connectivity index (χ1) is 8.02. The van der Waals surface area contributed by atoms with Crippen LogP contribution in [0.1, 0.15) is 12.0 Å². The van der Waals surface area contributed by atoms with E-state index in [1.807, 2.05) is 25.2 Å². The van der Waals surface area contributed by atoms with Crippen molar-refractivity contribution in [2.45, 2.75) is 13.0 Å². The highest BCUT2D eigenvalue weighted by Crippen LogP contribution is 2.20. The molecule has 0 aliphatic carbocycles. The van der Waals surface area contributed by atoms with Crippen LogP contribution in [0.5, 0.6) is 0 Å². The lowest BCUT2D eigenvalue weighted by atomic mass is 10.2. The molecule has 1 aromatic rings. The van der Waals surface area contributed by atoms with E-state index in [1.165, 1.54) is 5.56 Å². The number of benzene rings is 1. The number of anilines is 1. The number of halogens is 1. The molecule has 0 fully saturated rings. The molecule has 17 heavy (non-hydrogen) atoms. The van der Waals surface area contributed by atoms with Crippen LogP contribution in [-0.2, 0) is 11.3 Å². The average molecular weight is 300 g/mol. The molecule has 0 saturated carbocycles. The minimum atomic E-state index is 0.0632. The summed E-state index contributed by atoms with van der Waals surface area (Å²) >= 11 is 3.48. The number of nitrogens with two attached hydrogens (primary N) is 1. The van der Waals surface area contributed by atoms with Crippen LogP contribution in [0.4, 0.5) is 5.69 Å². The maximum Gasteiger partial charge on any atom is 0.221 e. The van der Waals surface area contributed by atoms with Crippen molar-refractivity contribution < 1.29 is 4.79 Å². The van der Waals surface area contributed by atoms with E-state index in [-0.39, 0.29) is 5.91 Å². The summed E-state index contributed by atoms with van der Waals surface area (Å²) in [5, 5.41) is 2.61. The normalized spacial score (nSPS) is 10.6. The first-order valence-corrected chi connectivity index (χ1v) is 6.25. The number of nitrogen functional groups attached to an aromatic ring is 1. The van der Waals surface area contributed by atoms with Gasteiger partial charge in [-0.05, 0) is 24.7 Å². The highest BCUT2D eigenvalue weighted by molar-refractivity contribution is 9.10.